The minimum absolute atomic E-state index is 0.0387. The van der Waals surface area contributed by atoms with Gasteiger partial charge in [-0.15, -0.1) is 0 Å². The Morgan fingerprint density at radius 1 is 1.21 bits per heavy atom. The summed E-state index contributed by atoms with van der Waals surface area (Å²) in [6.07, 6.45) is 8.18. The van der Waals surface area contributed by atoms with E-state index in [1.807, 2.05) is 0 Å². The first-order valence-electron chi connectivity index (χ1n) is 7.34. The second-order valence-corrected chi connectivity index (χ2v) is 6.20. The molecule has 2 aliphatic rings. The van der Waals surface area contributed by atoms with Crippen LogP contribution in [0.3, 0.4) is 0 Å². The number of amides is 1. The molecular weight excluding hydrogens is 260 g/mol. The van der Waals surface area contributed by atoms with Crippen molar-refractivity contribution in [3.05, 3.63) is 0 Å². The van der Waals surface area contributed by atoms with Crippen molar-refractivity contribution in [3.8, 4) is 0 Å². The summed E-state index contributed by atoms with van der Waals surface area (Å²) in [6.45, 7) is 1.30. The monoisotopic (exact) mass is 284 g/mol. The molecule has 1 atom stereocenters. The molecule has 1 saturated carbocycles. The molecule has 0 spiro atoms. The van der Waals surface area contributed by atoms with Gasteiger partial charge >= 0.3 is 0 Å². The maximum Gasteiger partial charge on any atom is 0.226 e. The highest BCUT2D eigenvalue weighted by atomic mass is 32.1. The van der Waals surface area contributed by atoms with E-state index in [-0.39, 0.29) is 11.8 Å². The Hall–Kier alpha value is -0.680. The predicted molar refractivity (Wildman–Crippen MR) is 78.9 cm³/mol. The number of carbonyl (C=O) groups is 1. The zero-order chi connectivity index (χ0) is 13.7. The standard InChI is InChI=1S/C14H24N2O2S/c15-13(19)14(7-3-1-2-4-8-14)16-12(17)11-6-5-9-18-10-11/h11H,1-10H2,(H2,15,19)(H,16,17). The van der Waals surface area contributed by atoms with Crippen LogP contribution in [0.25, 0.3) is 0 Å². The zero-order valence-electron chi connectivity index (χ0n) is 11.5. The van der Waals surface area contributed by atoms with Crippen LogP contribution in [-0.4, -0.2) is 29.6 Å². The average molecular weight is 284 g/mol. The van der Waals surface area contributed by atoms with Crippen molar-refractivity contribution in [1.29, 1.82) is 0 Å². The number of hydrogen-bond donors (Lipinski definition) is 2. The van der Waals surface area contributed by atoms with E-state index >= 15 is 0 Å². The van der Waals surface area contributed by atoms with Crippen LogP contribution in [0.1, 0.15) is 51.4 Å². The quantitative estimate of drug-likeness (QED) is 0.614. The van der Waals surface area contributed by atoms with Crippen LogP contribution in [0.4, 0.5) is 0 Å². The van der Waals surface area contributed by atoms with E-state index in [1.54, 1.807) is 0 Å². The summed E-state index contributed by atoms with van der Waals surface area (Å²) in [5.74, 6) is 0.0256. The molecule has 3 N–H and O–H groups in total. The van der Waals surface area contributed by atoms with Gasteiger partial charge < -0.3 is 15.8 Å². The van der Waals surface area contributed by atoms with Gasteiger partial charge in [0.2, 0.25) is 5.91 Å². The molecule has 1 aliphatic heterocycles. The van der Waals surface area contributed by atoms with Gasteiger partial charge in [0, 0.05) is 6.61 Å². The summed E-state index contributed by atoms with van der Waals surface area (Å²) in [5.41, 5.74) is 5.48. The molecular formula is C14H24N2O2S. The van der Waals surface area contributed by atoms with E-state index < -0.39 is 5.54 Å². The number of hydrogen-bond acceptors (Lipinski definition) is 3. The van der Waals surface area contributed by atoms with E-state index in [0.29, 0.717) is 11.6 Å². The number of ether oxygens (including phenoxy) is 1. The van der Waals surface area contributed by atoms with Gasteiger partial charge in [-0.05, 0) is 25.7 Å². The lowest BCUT2D eigenvalue weighted by molar-refractivity contribution is -0.130. The third-order valence-corrected chi connectivity index (χ3v) is 4.71. The molecule has 5 heteroatoms. The van der Waals surface area contributed by atoms with Crippen LogP contribution in [0.15, 0.2) is 0 Å². The first-order chi connectivity index (χ1) is 9.14. The van der Waals surface area contributed by atoms with Crippen LogP contribution in [0, 0.1) is 5.92 Å². The summed E-state index contributed by atoms with van der Waals surface area (Å²) < 4.78 is 5.39. The molecule has 108 valence electrons. The van der Waals surface area contributed by atoms with Crippen molar-refractivity contribution < 1.29 is 9.53 Å². The Morgan fingerprint density at radius 3 is 2.42 bits per heavy atom. The van der Waals surface area contributed by atoms with E-state index in [2.05, 4.69) is 5.32 Å². The van der Waals surface area contributed by atoms with Gasteiger partial charge in [-0.3, -0.25) is 4.79 Å². The van der Waals surface area contributed by atoms with Crippen molar-refractivity contribution in [2.45, 2.75) is 56.9 Å². The van der Waals surface area contributed by atoms with Gasteiger partial charge in [0.1, 0.15) is 0 Å². The fraction of sp³-hybridized carbons (Fsp3) is 0.857. The van der Waals surface area contributed by atoms with Crippen molar-refractivity contribution in [2.24, 2.45) is 11.7 Å². The Bertz CT molecular complexity index is 332. The number of nitrogens with two attached hydrogens (primary N) is 1. The second-order valence-electron chi connectivity index (χ2n) is 5.76. The van der Waals surface area contributed by atoms with Gasteiger partial charge in [0.25, 0.3) is 0 Å². The molecule has 2 rings (SSSR count). The molecule has 0 aromatic carbocycles. The summed E-state index contributed by atoms with van der Waals surface area (Å²) >= 11 is 5.24. The normalized spacial score (nSPS) is 27.3. The Labute approximate surface area is 120 Å². The fourth-order valence-corrected chi connectivity index (χ4v) is 3.31. The molecule has 1 heterocycles. The number of thiocarbonyl (C=S) groups is 1. The molecule has 2 fully saturated rings. The molecule has 0 radical (unpaired) electrons. The van der Waals surface area contributed by atoms with E-state index in [9.17, 15) is 4.79 Å². The molecule has 1 unspecified atom stereocenters. The van der Waals surface area contributed by atoms with Gasteiger partial charge in [-0.2, -0.15) is 0 Å². The van der Waals surface area contributed by atoms with Crippen LogP contribution in [0.5, 0.6) is 0 Å². The summed E-state index contributed by atoms with van der Waals surface area (Å²) in [6, 6.07) is 0. The van der Waals surface area contributed by atoms with Gasteiger partial charge in [-0.1, -0.05) is 37.9 Å². The minimum atomic E-state index is -0.458. The van der Waals surface area contributed by atoms with E-state index in [4.69, 9.17) is 22.7 Å². The average Bonchev–Trinajstić information content (AvgIpc) is 2.66. The van der Waals surface area contributed by atoms with E-state index in [0.717, 1.165) is 45.1 Å². The summed E-state index contributed by atoms with van der Waals surface area (Å²) in [5, 5.41) is 3.16. The second kappa shape index (κ2) is 6.66. The van der Waals surface area contributed by atoms with Crippen molar-refractivity contribution in [3.63, 3.8) is 0 Å². The van der Waals surface area contributed by atoms with Gasteiger partial charge in [0.15, 0.2) is 0 Å². The highest BCUT2D eigenvalue weighted by Crippen LogP contribution is 2.28. The molecule has 19 heavy (non-hydrogen) atoms. The molecule has 0 bridgehead atoms. The topological polar surface area (TPSA) is 64.3 Å². The SMILES string of the molecule is NC(=S)C1(NC(=O)C2CCCOC2)CCCCCC1. The smallest absolute Gasteiger partial charge is 0.226 e. The molecule has 1 saturated heterocycles. The van der Waals surface area contributed by atoms with Crippen LogP contribution >= 0.6 is 12.2 Å². The fourth-order valence-electron chi connectivity index (χ4n) is 3.05. The first kappa shape index (κ1) is 14.7. The predicted octanol–water partition coefficient (Wildman–Crippen LogP) is 1.91. The van der Waals surface area contributed by atoms with Crippen LogP contribution in [0.2, 0.25) is 0 Å². The van der Waals surface area contributed by atoms with Crippen molar-refractivity contribution in [2.75, 3.05) is 13.2 Å². The summed E-state index contributed by atoms with van der Waals surface area (Å²) in [7, 11) is 0. The molecule has 1 amide bonds. The van der Waals surface area contributed by atoms with Crippen LogP contribution in [-0.2, 0) is 9.53 Å². The van der Waals surface area contributed by atoms with Gasteiger partial charge in [-0.25, -0.2) is 0 Å². The number of carbonyl (C=O) groups excluding carboxylic acids is 1. The Balaban J connectivity index is 2.02. The molecule has 1 aliphatic carbocycles. The lowest BCUT2D eigenvalue weighted by atomic mass is 9.88. The van der Waals surface area contributed by atoms with Gasteiger partial charge in [0.05, 0.1) is 23.1 Å². The molecule has 0 aromatic heterocycles. The third kappa shape index (κ3) is 3.66. The molecule has 4 nitrogen and oxygen atoms in total. The Morgan fingerprint density at radius 2 is 1.89 bits per heavy atom. The van der Waals surface area contributed by atoms with Crippen LogP contribution < -0.4 is 11.1 Å². The first-order valence-corrected chi connectivity index (χ1v) is 7.74. The lowest BCUT2D eigenvalue weighted by Gasteiger charge is -2.35. The maximum atomic E-state index is 12.4. The van der Waals surface area contributed by atoms with Crippen molar-refractivity contribution in [1.82, 2.24) is 5.32 Å². The molecule has 0 aromatic rings. The largest absolute Gasteiger partial charge is 0.391 e. The van der Waals surface area contributed by atoms with Crippen molar-refractivity contribution >= 4 is 23.1 Å². The lowest BCUT2D eigenvalue weighted by Crippen LogP contribution is -2.58. The highest BCUT2D eigenvalue weighted by Gasteiger charge is 2.37. The zero-order valence-corrected chi connectivity index (χ0v) is 12.3. The number of rotatable bonds is 3. The third-order valence-electron chi connectivity index (χ3n) is 4.32. The summed E-state index contributed by atoms with van der Waals surface area (Å²) in [4.78, 5) is 12.8. The highest BCUT2D eigenvalue weighted by molar-refractivity contribution is 7.80. The Kier molecular flexibility index (Phi) is 5.16. The maximum absolute atomic E-state index is 12.4. The minimum Gasteiger partial charge on any atom is -0.391 e. The van der Waals surface area contributed by atoms with E-state index in [1.165, 1.54) is 12.8 Å². The number of nitrogens with one attached hydrogen (secondary N) is 1.